The molecule has 0 aliphatic heterocycles. The molecule has 3 aromatic rings. The van der Waals surface area contributed by atoms with E-state index in [2.05, 4.69) is 20.6 Å². The molecule has 1 amide bonds. The van der Waals surface area contributed by atoms with Gasteiger partial charge in [-0.3, -0.25) is 9.89 Å². The summed E-state index contributed by atoms with van der Waals surface area (Å²) in [6.07, 6.45) is 8.16. The molecule has 3 heterocycles. The number of anilines is 1. The van der Waals surface area contributed by atoms with E-state index < -0.39 is 11.5 Å². The van der Waals surface area contributed by atoms with Gasteiger partial charge in [-0.1, -0.05) is 0 Å². The molecule has 5 N–H and O–H groups in total. The molecule has 8 nitrogen and oxygen atoms in total. The Hall–Kier alpha value is -2.87. The Balaban J connectivity index is 1.73. The second-order valence-corrected chi connectivity index (χ2v) is 7.24. The highest BCUT2D eigenvalue weighted by molar-refractivity contribution is 6.02. The van der Waals surface area contributed by atoms with Crippen molar-refractivity contribution in [2.45, 2.75) is 44.2 Å². The van der Waals surface area contributed by atoms with Crippen LogP contribution in [0.15, 0.2) is 30.7 Å². The highest BCUT2D eigenvalue weighted by atomic mass is 16.3. The van der Waals surface area contributed by atoms with E-state index in [4.69, 9.17) is 5.73 Å². The van der Waals surface area contributed by atoms with Crippen molar-refractivity contribution in [3.05, 3.63) is 36.3 Å². The zero-order chi connectivity index (χ0) is 18.3. The lowest BCUT2D eigenvalue weighted by molar-refractivity contribution is 0.0196. The molecule has 4 rings (SSSR count). The Kier molecular flexibility index (Phi) is 3.91. The number of nitrogens with two attached hydrogens (primary N) is 1. The van der Waals surface area contributed by atoms with Crippen molar-refractivity contribution in [2.75, 3.05) is 5.32 Å². The molecule has 1 fully saturated rings. The molecular weight excluding hydrogens is 332 g/mol. The first-order chi connectivity index (χ1) is 12.4. The highest BCUT2D eigenvalue weighted by Crippen LogP contribution is 2.33. The molecule has 3 aromatic heterocycles. The van der Waals surface area contributed by atoms with Crippen LogP contribution in [0.5, 0.6) is 0 Å². The minimum atomic E-state index is -0.610. The average Bonchev–Trinajstić information content (AvgIpc) is 3.25. The second kappa shape index (κ2) is 6.14. The standard InChI is InChI=1S/C18H22N6O2/c1-18(26)5-2-12(3-6-18)22-16-13(17(19)25)9-21-24-10-11(8-15(16)24)14-4-7-20-23-14/h4,7-10,12,22,26H,2-3,5-6H2,1H3,(H2,19,25)(H,20,23)/t12-,18+. The van der Waals surface area contributed by atoms with Crippen LogP contribution < -0.4 is 11.1 Å². The summed E-state index contributed by atoms with van der Waals surface area (Å²) in [6.45, 7) is 1.87. The van der Waals surface area contributed by atoms with Gasteiger partial charge in [0.25, 0.3) is 5.91 Å². The quantitative estimate of drug-likeness (QED) is 0.570. The van der Waals surface area contributed by atoms with Gasteiger partial charge >= 0.3 is 0 Å². The van der Waals surface area contributed by atoms with Crippen molar-refractivity contribution >= 4 is 17.1 Å². The summed E-state index contributed by atoms with van der Waals surface area (Å²) >= 11 is 0. The lowest BCUT2D eigenvalue weighted by Gasteiger charge is -2.34. The van der Waals surface area contributed by atoms with Crippen LogP contribution in [0.25, 0.3) is 16.8 Å². The first kappa shape index (κ1) is 16.6. The van der Waals surface area contributed by atoms with Gasteiger partial charge in [-0.2, -0.15) is 10.2 Å². The lowest BCUT2D eigenvalue weighted by Crippen LogP contribution is -2.36. The number of primary amides is 1. The number of H-pyrrole nitrogens is 1. The van der Waals surface area contributed by atoms with Gasteiger partial charge in [0.2, 0.25) is 0 Å². The number of carbonyl (C=O) groups excluding carboxylic acids is 1. The van der Waals surface area contributed by atoms with E-state index in [9.17, 15) is 9.90 Å². The van der Waals surface area contributed by atoms with E-state index in [1.807, 2.05) is 25.3 Å². The van der Waals surface area contributed by atoms with Crippen LogP contribution in [0.1, 0.15) is 43.0 Å². The Morgan fingerprint density at radius 1 is 1.46 bits per heavy atom. The van der Waals surface area contributed by atoms with Crippen LogP contribution in [0.3, 0.4) is 0 Å². The van der Waals surface area contributed by atoms with Gasteiger partial charge in [0.1, 0.15) is 0 Å². The number of amides is 1. The number of fused-ring (bicyclic) bond motifs is 1. The number of nitrogens with one attached hydrogen (secondary N) is 2. The van der Waals surface area contributed by atoms with E-state index in [-0.39, 0.29) is 6.04 Å². The van der Waals surface area contributed by atoms with Crippen molar-refractivity contribution in [2.24, 2.45) is 5.73 Å². The van der Waals surface area contributed by atoms with Gasteiger partial charge < -0.3 is 16.2 Å². The fourth-order valence-corrected chi connectivity index (χ4v) is 3.55. The number of aromatic amines is 1. The maximum atomic E-state index is 11.9. The fraction of sp³-hybridized carbons (Fsp3) is 0.389. The Morgan fingerprint density at radius 3 is 2.88 bits per heavy atom. The summed E-state index contributed by atoms with van der Waals surface area (Å²) in [7, 11) is 0. The van der Waals surface area contributed by atoms with Crippen molar-refractivity contribution in [3.63, 3.8) is 0 Å². The molecule has 0 spiro atoms. The second-order valence-electron chi connectivity index (χ2n) is 7.24. The zero-order valence-corrected chi connectivity index (χ0v) is 14.6. The third-order valence-corrected chi connectivity index (χ3v) is 5.13. The average molecular weight is 354 g/mol. The number of nitrogens with zero attached hydrogens (tertiary/aromatic N) is 3. The normalized spacial score (nSPS) is 23.2. The summed E-state index contributed by atoms with van der Waals surface area (Å²) in [6, 6.07) is 4.00. The predicted octanol–water partition coefficient (Wildman–Crippen LogP) is 1.93. The smallest absolute Gasteiger partial charge is 0.252 e. The zero-order valence-electron chi connectivity index (χ0n) is 14.6. The monoisotopic (exact) mass is 354 g/mol. The number of hydrogen-bond donors (Lipinski definition) is 4. The van der Waals surface area contributed by atoms with Gasteiger partial charge in [0.05, 0.1) is 34.3 Å². The molecule has 136 valence electrons. The highest BCUT2D eigenvalue weighted by Gasteiger charge is 2.29. The Labute approximate surface area is 150 Å². The third kappa shape index (κ3) is 3.03. The van der Waals surface area contributed by atoms with Crippen LogP contribution in [0.4, 0.5) is 5.69 Å². The number of aliphatic hydroxyl groups is 1. The lowest BCUT2D eigenvalue weighted by atomic mass is 9.83. The molecule has 0 aromatic carbocycles. The molecule has 0 unspecified atom stereocenters. The maximum absolute atomic E-state index is 11.9. The largest absolute Gasteiger partial charge is 0.390 e. The van der Waals surface area contributed by atoms with Crippen molar-refractivity contribution in [3.8, 4) is 11.3 Å². The molecular formula is C18H22N6O2. The van der Waals surface area contributed by atoms with Gasteiger partial charge in [0, 0.05) is 24.0 Å². The summed E-state index contributed by atoms with van der Waals surface area (Å²) in [5.74, 6) is -0.519. The molecule has 1 aliphatic rings. The number of carbonyl (C=O) groups is 1. The van der Waals surface area contributed by atoms with Crippen LogP contribution in [-0.4, -0.2) is 42.5 Å². The first-order valence-electron chi connectivity index (χ1n) is 8.73. The summed E-state index contributed by atoms with van der Waals surface area (Å²) in [5.41, 5.74) is 8.59. The topological polar surface area (TPSA) is 121 Å². The van der Waals surface area contributed by atoms with E-state index in [0.717, 1.165) is 42.5 Å². The minimum Gasteiger partial charge on any atom is -0.390 e. The van der Waals surface area contributed by atoms with Crippen molar-refractivity contribution < 1.29 is 9.90 Å². The van der Waals surface area contributed by atoms with Crippen molar-refractivity contribution in [1.29, 1.82) is 0 Å². The molecule has 0 saturated heterocycles. The molecule has 0 bridgehead atoms. The molecule has 0 atom stereocenters. The summed E-state index contributed by atoms with van der Waals surface area (Å²) in [4.78, 5) is 11.9. The van der Waals surface area contributed by atoms with Gasteiger partial charge in [0.15, 0.2) is 0 Å². The minimum absolute atomic E-state index is 0.171. The maximum Gasteiger partial charge on any atom is 0.252 e. The molecule has 1 saturated carbocycles. The molecule has 1 aliphatic carbocycles. The molecule has 8 heteroatoms. The van der Waals surface area contributed by atoms with Crippen LogP contribution in [0, 0.1) is 0 Å². The van der Waals surface area contributed by atoms with Gasteiger partial charge in [-0.25, -0.2) is 4.52 Å². The Bertz CT molecular complexity index is 934. The number of hydrogen-bond acceptors (Lipinski definition) is 5. The number of rotatable bonds is 4. The van der Waals surface area contributed by atoms with Crippen LogP contribution >= 0.6 is 0 Å². The number of aromatic nitrogens is 4. The Morgan fingerprint density at radius 2 is 2.23 bits per heavy atom. The third-order valence-electron chi connectivity index (χ3n) is 5.13. The molecule has 26 heavy (non-hydrogen) atoms. The fourth-order valence-electron chi connectivity index (χ4n) is 3.55. The van der Waals surface area contributed by atoms with E-state index in [0.29, 0.717) is 11.3 Å². The predicted molar refractivity (Wildman–Crippen MR) is 97.8 cm³/mol. The van der Waals surface area contributed by atoms with Gasteiger partial charge in [-0.15, -0.1) is 0 Å². The van der Waals surface area contributed by atoms with E-state index in [1.165, 1.54) is 6.20 Å². The van der Waals surface area contributed by atoms with E-state index in [1.54, 1.807) is 10.7 Å². The van der Waals surface area contributed by atoms with E-state index >= 15 is 0 Å². The first-order valence-corrected chi connectivity index (χ1v) is 8.73. The van der Waals surface area contributed by atoms with Crippen LogP contribution in [0.2, 0.25) is 0 Å². The molecule has 0 radical (unpaired) electrons. The van der Waals surface area contributed by atoms with Crippen LogP contribution in [-0.2, 0) is 0 Å². The SMILES string of the molecule is C[C@]1(O)CC[C@@H](Nc2c(C(N)=O)cnn3cc(-c4ccn[nH]4)cc23)CC1. The summed E-state index contributed by atoms with van der Waals surface area (Å²) in [5, 5.41) is 24.8. The summed E-state index contributed by atoms with van der Waals surface area (Å²) < 4.78 is 1.73. The van der Waals surface area contributed by atoms with Crippen molar-refractivity contribution in [1.82, 2.24) is 19.8 Å². The van der Waals surface area contributed by atoms with Gasteiger partial charge in [-0.05, 0) is 44.7 Å².